The van der Waals surface area contributed by atoms with Crippen LogP contribution in [0.1, 0.15) is 37.4 Å². The number of nitrogens with one attached hydrogen (secondary N) is 2. The van der Waals surface area contributed by atoms with Gasteiger partial charge in [-0.2, -0.15) is 53.6 Å². The van der Waals surface area contributed by atoms with Gasteiger partial charge >= 0.3 is 30.1 Å². The van der Waals surface area contributed by atoms with Crippen molar-refractivity contribution < 1.29 is 66.7 Å². The van der Waals surface area contributed by atoms with E-state index in [0.717, 1.165) is 24.3 Å². The molecule has 45 heavy (non-hydrogen) atoms. The molecule has 19 heteroatoms. The third-order valence-electron chi connectivity index (χ3n) is 5.97. The Kier molecular flexibility index (Phi) is 9.27. The molecule has 2 N–H and O–H groups in total. The third-order valence-corrected chi connectivity index (χ3v) is 6.60. The van der Waals surface area contributed by atoms with Crippen molar-refractivity contribution in [2.75, 3.05) is 10.6 Å². The van der Waals surface area contributed by atoms with Gasteiger partial charge in [0.05, 0.1) is 34.1 Å². The van der Waals surface area contributed by atoms with E-state index in [4.69, 9.17) is 5.26 Å². The number of anilines is 2. The van der Waals surface area contributed by atoms with E-state index in [1.165, 1.54) is 17.4 Å². The molecule has 0 unspecified atom stereocenters. The van der Waals surface area contributed by atoms with Crippen LogP contribution in [0.2, 0.25) is 0 Å². The van der Waals surface area contributed by atoms with Crippen LogP contribution >= 0.6 is 15.9 Å². The third kappa shape index (κ3) is 6.55. The summed E-state index contributed by atoms with van der Waals surface area (Å²) in [7, 11) is 0. The Bertz CT molecular complexity index is 1660. The molecule has 240 valence electrons. The van der Waals surface area contributed by atoms with Crippen LogP contribution in [0.4, 0.5) is 68.5 Å². The van der Waals surface area contributed by atoms with Gasteiger partial charge < -0.3 is 10.6 Å². The van der Waals surface area contributed by atoms with Gasteiger partial charge in [-0.15, -0.1) is 0 Å². The molecule has 0 aliphatic rings. The van der Waals surface area contributed by atoms with E-state index in [-0.39, 0.29) is 11.1 Å². The van der Waals surface area contributed by atoms with Crippen LogP contribution < -0.4 is 10.6 Å². The monoisotopic (exact) mass is 723 g/mol. The smallest absolute Gasteiger partial charge is 0.320 e. The predicted octanol–water partition coefficient (Wildman–Crippen LogP) is 8.91. The van der Waals surface area contributed by atoms with Crippen molar-refractivity contribution >= 4 is 39.1 Å². The normalized spacial score (nSPS) is 12.8. The van der Waals surface area contributed by atoms with Crippen molar-refractivity contribution in [3.63, 3.8) is 0 Å². The second kappa shape index (κ2) is 11.9. The summed E-state index contributed by atoms with van der Waals surface area (Å²) < 4.78 is 177. The molecule has 0 aliphatic heterocycles. The molecular formula is C26H11BrF13N3O2. The molecule has 0 heterocycles. The minimum absolute atomic E-state index is 0.118. The summed E-state index contributed by atoms with van der Waals surface area (Å²) in [6.07, 6.45) is -20.5. The van der Waals surface area contributed by atoms with Crippen LogP contribution in [0.3, 0.4) is 0 Å². The van der Waals surface area contributed by atoms with Crippen molar-refractivity contribution in [2.24, 2.45) is 0 Å². The molecule has 3 aromatic carbocycles. The zero-order chi connectivity index (χ0) is 34.3. The number of carbonyl (C=O) groups excluding carboxylic acids is 2. The molecule has 0 saturated heterocycles. The Morgan fingerprint density at radius 3 is 1.78 bits per heavy atom. The highest BCUT2D eigenvalue weighted by Gasteiger charge is 2.74. The molecule has 3 rings (SSSR count). The number of nitrogens with zero attached hydrogens (tertiary/aromatic N) is 1. The van der Waals surface area contributed by atoms with Crippen LogP contribution in [-0.4, -0.2) is 30.3 Å². The highest BCUT2D eigenvalue weighted by atomic mass is 79.9. The average Bonchev–Trinajstić information content (AvgIpc) is 2.92. The summed E-state index contributed by atoms with van der Waals surface area (Å²) in [6.45, 7) is 0. The van der Waals surface area contributed by atoms with E-state index in [9.17, 15) is 62.3 Å². The lowest BCUT2D eigenvalue weighted by Gasteiger charge is -2.32. The zero-order valence-corrected chi connectivity index (χ0v) is 22.8. The van der Waals surface area contributed by atoms with E-state index in [2.05, 4.69) is 15.9 Å². The second-order valence-corrected chi connectivity index (χ2v) is 9.73. The largest absolute Gasteiger partial charge is 0.458 e. The van der Waals surface area contributed by atoms with E-state index < -0.39 is 92.4 Å². The van der Waals surface area contributed by atoms with Crippen molar-refractivity contribution in [1.29, 1.82) is 5.26 Å². The lowest BCUT2D eigenvalue weighted by atomic mass is 9.90. The topological polar surface area (TPSA) is 82.0 Å². The molecule has 0 atom stereocenters. The molecule has 0 radical (unpaired) electrons. The van der Waals surface area contributed by atoms with Crippen molar-refractivity contribution in [2.45, 2.75) is 30.1 Å². The summed E-state index contributed by atoms with van der Waals surface area (Å²) in [5.74, 6) is -10.8. The molecule has 0 fully saturated rings. The van der Waals surface area contributed by atoms with E-state index in [0.29, 0.717) is 6.07 Å². The summed E-state index contributed by atoms with van der Waals surface area (Å²) in [6, 6.07) is 7.46. The average molecular weight is 724 g/mol. The fourth-order valence-electron chi connectivity index (χ4n) is 3.70. The van der Waals surface area contributed by atoms with Gasteiger partial charge in [-0.1, -0.05) is 6.07 Å². The zero-order valence-electron chi connectivity index (χ0n) is 21.3. The minimum atomic E-state index is -6.91. The number of alkyl halides is 12. The van der Waals surface area contributed by atoms with Crippen LogP contribution in [0, 0.1) is 17.1 Å². The van der Waals surface area contributed by atoms with Crippen molar-refractivity contribution in [1.82, 2.24) is 0 Å². The first-order valence-corrected chi connectivity index (χ1v) is 12.3. The number of benzene rings is 3. The van der Waals surface area contributed by atoms with Gasteiger partial charge in [-0.3, -0.25) is 9.59 Å². The first-order valence-electron chi connectivity index (χ1n) is 11.5. The summed E-state index contributed by atoms with van der Waals surface area (Å²) in [4.78, 5) is 25.3. The van der Waals surface area contributed by atoms with Gasteiger partial charge in [0.2, 0.25) is 0 Å². The quantitative estimate of drug-likeness (QED) is 0.249. The summed E-state index contributed by atoms with van der Waals surface area (Å²) in [5.41, 5.74) is -15.6. The van der Waals surface area contributed by atoms with Crippen molar-refractivity contribution in [3.05, 3.63) is 92.7 Å². The number of carbonyl (C=O) groups is 2. The molecule has 2 amide bonds. The molecule has 0 bridgehead atoms. The molecule has 0 aliphatic carbocycles. The van der Waals surface area contributed by atoms with Crippen LogP contribution in [-0.2, 0) is 11.6 Å². The Morgan fingerprint density at radius 1 is 0.733 bits per heavy atom. The van der Waals surface area contributed by atoms with Gasteiger partial charge in [0.15, 0.2) is 5.82 Å². The SMILES string of the molecule is N#Cc1ccc(C(=O)Nc2cccc(C(=O)Nc3c(Br)cc(C(F)(C(F)(F)F)C(F)(F)F)cc3C(F)(F)C(F)(F)F)c2F)cc1. The van der Waals surface area contributed by atoms with E-state index in [1.54, 1.807) is 6.07 Å². The van der Waals surface area contributed by atoms with Crippen LogP contribution in [0.15, 0.2) is 59.1 Å². The number of halogens is 14. The van der Waals surface area contributed by atoms with E-state index in [1.807, 2.05) is 5.32 Å². The van der Waals surface area contributed by atoms with Gasteiger partial charge in [0, 0.05) is 15.6 Å². The number of hydrogen-bond acceptors (Lipinski definition) is 3. The fraction of sp³-hybridized carbons (Fsp3) is 0.192. The van der Waals surface area contributed by atoms with Crippen LogP contribution in [0.5, 0.6) is 0 Å². The Balaban J connectivity index is 2.12. The lowest BCUT2D eigenvalue weighted by Crippen LogP contribution is -2.50. The molecule has 3 aromatic rings. The highest BCUT2D eigenvalue weighted by Crippen LogP contribution is 2.56. The second-order valence-electron chi connectivity index (χ2n) is 8.87. The molecular weight excluding hydrogens is 713 g/mol. The van der Waals surface area contributed by atoms with Gasteiger partial charge in [0.1, 0.15) is 0 Å². The van der Waals surface area contributed by atoms with Crippen molar-refractivity contribution in [3.8, 4) is 6.07 Å². The van der Waals surface area contributed by atoms with Gasteiger partial charge in [0.25, 0.3) is 11.8 Å². The maximum atomic E-state index is 15.2. The highest BCUT2D eigenvalue weighted by molar-refractivity contribution is 9.10. The molecule has 0 aromatic heterocycles. The standard InChI is InChI=1S/C26H11BrF13N3O2/c27-16-9-13(22(29,24(32,33)34)25(35,36)37)8-15(23(30,31)26(38,39)40)19(16)43-21(45)14-2-1-3-17(18(14)28)42-20(44)12-6-4-11(10-41)5-7-12/h1-9H,(H,42,44)(H,43,45). The first-order chi connectivity index (χ1) is 20.5. The minimum Gasteiger partial charge on any atom is -0.320 e. The van der Waals surface area contributed by atoms with Crippen LogP contribution in [0.25, 0.3) is 0 Å². The number of nitriles is 1. The summed E-state index contributed by atoms with van der Waals surface area (Å²) in [5, 5.41) is 12.2. The number of hydrogen-bond donors (Lipinski definition) is 2. The Morgan fingerprint density at radius 2 is 1.29 bits per heavy atom. The Labute approximate surface area is 250 Å². The van der Waals surface area contributed by atoms with Gasteiger partial charge in [-0.05, 0) is 64.5 Å². The maximum absolute atomic E-state index is 15.2. The summed E-state index contributed by atoms with van der Waals surface area (Å²) >= 11 is 2.20. The Hall–Kier alpha value is -4.34. The fourth-order valence-corrected chi connectivity index (χ4v) is 4.26. The molecule has 5 nitrogen and oxygen atoms in total. The number of amides is 2. The van der Waals surface area contributed by atoms with E-state index >= 15 is 4.39 Å². The maximum Gasteiger partial charge on any atom is 0.458 e. The van der Waals surface area contributed by atoms with Gasteiger partial charge in [-0.25, -0.2) is 8.78 Å². The predicted molar refractivity (Wildman–Crippen MR) is 132 cm³/mol. The molecule has 0 saturated carbocycles. The lowest BCUT2D eigenvalue weighted by molar-refractivity contribution is -0.348. The number of rotatable bonds is 6. The molecule has 0 spiro atoms. The first kappa shape index (κ1) is 35.1.